The van der Waals surface area contributed by atoms with Crippen molar-refractivity contribution in [3.8, 4) is 0 Å². The minimum atomic E-state index is -0.754. The van der Waals surface area contributed by atoms with Crippen LogP contribution in [-0.4, -0.2) is 37.1 Å². The Morgan fingerprint density at radius 2 is 0.867 bits per heavy atom. The van der Waals surface area contributed by atoms with Gasteiger partial charge in [0.05, 0.1) is 12.8 Å². The van der Waals surface area contributed by atoms with Gasteiger partial charge < -0.3 is 18.9 Å². The van der Waals surface area contributed by atoms with Crippen LogP contribution >= 0.6 is 0 Å². The number of rotatable bonds is 11. The Kier molecular flexibility index (Phi) is 9.58. The zero-order valence-electron chi connectivity index (χ0n) is 16.3. The number of benzene rings is 2. The van der Waals surface area contributed by atoms with Crippen LogP contribution in [0.15, 0.2) is 60.7 Å². The van der Waals surface area contributed by atoms with Crippen LogP contribution in [0.25, 0.3) is 0 Å². The maximum absolute atomic E-state index is 11.6. The molecule has 158 valence electrons. The monoisotopic (exact) mass is 414 g/mol. The molecule has 0 heterocycles. The summed E-state index contributed by atoms with van der Waals surface area (Å²) < 4.78 is 19.4. The van der Waals surface area contributed by atoms with Gasteiger partial charge in [0.15, 0.2) is 13.2 Å². The van der Waals surface area contributed by atoms with E-state index in [0.717, 1.165) is 11.1 Å². The average Bonchev–Trinajstić information content (AvgIpc) is 2.78. The SMILES string of the molecule is O=C(CCC(=O)OCC(=O)OCc1ccccc1)OCC(=O)OCc1ccccc1. The first kappa shape index (κ1) is 22.6. The van der Waals surface area contributed by atoms with Crippen LogP contribution in [-0.2, 0) is 51.3 Å². The van der Waals surface area contributed by atoms with Gasteiger partial charge in [-0.2, -0.15) is 0 Å². The van der Waals surface area contributed by atoms with Crippen LogP contribution in [0.5, 0.6) is 0 Å². The highest BCUT2D eigenvalue weighted by molar-refractivity contribution is 5.81. The quantitative estimate of drug-likeness (QED) is 0.408. The van der Waals surface area contributed by atoms with E-state index in [9.17, 15) is 19.2 Å². The Balaban J connectivity index is 1.52. The second-order valence-electron chi connectivity index (χ2n) is 6.11. The number of hydrogen-bond acceptors (Lipinski definition) is 8. The van der Waals surface area contributed by atoms with Gasteiger partial charge >= 0.3 is 23.9 Å². The molecule has 2 aromatic rings. The zero-order chi connectivity index (χ0) is 21.6. The molecule has 0 aliphatic carbocycles. The molecular formula is C22H22O8. The van der Waals surface area contributed by atoms with Gasteiger partial charge in [0.2, 0.25) is 0 Å². The Hall–Kier alpha value is -3.68. The number of carbonyl (C=O) groups excluding carboxylic acids is 4. The van der Waals surface area contributed by atoms with E-state index in [1.807, 2.05) is 36.4 Å². The van der Waals surface area contributed by atoms with Gasteiger partial charge in [-0.1, -0.05) is 60.7 Å². The highest BCUT2D eigenvalue weighted by Crippen LogP contribution is 2.03. The first-order valence-corrected chi connectivity index (χ1v) is 9.23. The van der Waals surface area contributed by atoms with Crippen molar-refractivity contribution < 1.29 is 38.1 Å². The maximum Gasteiger partial charge on any atom is 0.344 e. The van der Waals surface area contributed by atoms with Crippen molar-refractivity contribution in [3.63, 3.8) is 0 Å². The molecule has 0 fully saturated rings. The van der Waals surface area contributed by atoms with Crippen molar-refractivity contribution in [2.24, 2.45) is 0 Å². The lowest BCUT2D eigenvalue weighted by molar-refractivity contribution is -0.162. The van der Waals surface area contributed by atoms with Crippen LogP contribution in [0, 0.1) is 0 Å². The summed E-state index contributed by atoms with van der Waals surface area (Å²) in [6.45, 7) is -0.951. The first-order chi connectivity index (χ1) is 14.5. The molecule has 2 rings (SSSR count). The smallest absolute Gasteiger partial charge is 0.344 e. The van der Waals surface area contributed by atoms with Crippen molar-refractivity contribution >= 4 is 23.9 Å². The fourth-order valence-corrected chi connectivity index (χ4v) is 2.19. The summed E-state index contributed by atoms with van der Waals surface area (Å²) in [5.41, 5.74) is 1.62. The van der Waals surface area contributed by atoms with Crippen LogP contribution in [0.2, 0.25) is 0 Å². The molecule has 0 N–H and O–H groups in total. The molecule has 0 bridgehead atoms. The Bertz CT molecular complexity index is 761. The molecule has 30 heavy (non-hydrogen) atoms. The lowest BCUT2D eigenvalue weighted by Gasteiger charge is -2.07. The van der Waals surface area contributed by atoms with Gasteiger partial charge in [-0.05, 0) is 11.1 Å². The Morgan fingerprint density at radius 1 is 0.500 bits per heavy atom. The van der Waals surface area contributed by atoms with Crippen molar-refractivity contribution in [3.05, 3.63) is 71.8 Å². The summed E-state index contributed by atoms with van der Waals surface area (Å²) in [7, 11) is 0. The molecule has 0 aliphatic heterocycles. The van der Waals surface area contributed by atoms with E-state index in [0.29, 0.717) is 0 Å². The van der Waals surface area contributed by atoms with Crippen molar-refractivity contribution in [2.75, 3.05) is 13.2 Å². The third kappa shape index (κ3) is 9.50. The third-order valence-corrected chi connectivity index (χ3v) is 3.72. The molecule has 0 saturated heterocycles. The van der Waals surface area contributed by atoms with E-state index >= 15 is 0 Å². The fourth-order valence-electron chi connectivity index (χ4n) is 2.19. The second kappa shape index (κ2) is 12.7. The molecule has 8 nitrogen and oxygen atoms in total. The molecule has 0 atom stereocenters. The molecule has 0 spiro atoms. The molecule has 0 amide bonds. The van der Waals surface area contributed by atoms with E-state index in [1.165, 1.54) is 0 Å². The topological polar surface area (TPSA) is 105 Å². The lowest BCUT2D eigenvalue weighted by atomic mass is 10.2. The van der Waals surface area contributed by atoms with E-state index in [1.54, 1.807) is 24.3 Å². The first-order valence-electron chi connectivity index (χ1n) is 9.23. The summed E-state index contributed by atoms with van der Waals surface area (Å²) in [5.74, 6) is -2.91. The summed E-state index contributed by atoms with van der Waals surface area (Å²) >= 11 is 0. The number of carbonyl (C=O) groups is 4. The van der Waals surface area contributed by atoms with Crippen molar-refractivity contribution in [1.29, 1.82) is 0 Å². The molecule has 0 aliphatic rings. The zero-order valence-corrected chi connectivity index (χ0v) is 16.3. The van der Waals surface area contributed by atoms with Crippen molar-refractivity contribution in [1.82, 2.24) is 0 Å². The lowest BCUT2D eigenvalue weighted by Crippen LogP contribution is -2.19. The standard InChI is InChI=1S/C22H22O8/c23-19(29-15-21(25)27-13-17-7-3-1-4-8-17)11-12-20(24)30-16-22(26)28-14-18-9-5-2-6-10-18/h1-10H,11-16H2. The Morgan fingerprint density at radius 3 is 1.23 bits per heavy atom. The Labute approximate surface area is 173 Å². The predicted molar refractivity (Wildman–Crippen MR) is 104 cm³/mol. The summed E-state index contributed by atoms with van der Waals surface area (Å²) in [6.07, 6.45) is -0.576. The predicted octanol–water partition coefficient (Wildman–Crippen LogP) is 2.34. The normalized spacial score (nSPS) is 10.0. The van der Waals surface area contributed by atoms with E-state index in [-0.39, 0.29) is 26.1 Å². The average molecular weight is 414 g/mol. The molecule has 8 heteroatoms. The molecular weight excluding hydrogens is 392 g/mol. The van der Waals surface area contributed by atoms with Gasteiger partial charge in [-0.3, -0.25) is 9.59 Å². The largest absolute Gasteiger partial charge is 0.458 e. The second-order valence-corrected chi connectivity index (χ2v) is 6.11. The van der Waals surface area contributed by atoms with E-state index < -0.39 is 37.1 Å². The highest BCUT2D eigenvalue weighted by Gasteiger charge is 2.14. The minimum absolute atomic E-state index is 0.0733. The highest BCUT2D eigenvalue weighted by atomic mass is 16.6. The third-order valence-electron chi connectivity index (χ3n) is 3.72. The van der Waals surface area contributed by atoms with Gasteiger partial charge in [0.25, 0.3) is 0 Å². The van der Waals surface area contributed by atoms with Gasteiger partial charge in [-0.15, -0.1) is 0 Å². The molecule has 2 aromatic carbocycles. The van der Waals surface area contributed by atoms with Crippen LogP contribution < -0.4 is 0 Å². The van der Waals surface area contributed by atoms with Crippen LogP contribution in [0.3, 0.4) is 0 Å². The number of hydrogen-bond donors (Lipinski definition) is 0. The molecule has 0 radical (unpaired) electrons. The van der Waals surface area contributed by atoms with Gasteiger partial charge in [0.1, 0.15) is 13.2 Å². The van der Waals surface area contributed by atoms with Crippen molar-refractivity contribution in [2.45, 2.75) is 26.1 Å². The molecule has 0 saturated carbocycles. The summed E-state index contributed by atoms with van der Waals surface area (Å²) in [6, 6.07) is 18.1. The van der Waals surface area contributed by atoms with Crippen LogP contribution in [0.4, 0.5) is 0 Å². The minimum Gasteiger partial charge on any atom is -0.458 e. The van der Waals surface area contributed by atoms with Gasteiger partial charge in [0, 0.05) is 0 Å². The number of esters is 4. The summed E-state index contributed by atoms with van der Waals surface area (Å²) in [5, 5.41) is 0. The maximum atomic E-state index is 11.6. The molecule has 0 aromatic heterocycles. The fraction of sp³-hybridized carbons (Fsp3) is 0.273. The summed E-state index contributed by atoms with van der Waals surface area (Å²) in [4.78, 5) is 46.3. The van der Waals surface area contributed by atoms with E-state index in [4.69, 9.17) is 18.9 Å². The molecule has 0 unspecified atom stereocenters. The van der Waals surface area contributed by atoms with Crippen LogP contribution in [0.1, 0.15) is 24.0 Å². The number of ether oxygens (including phenoxy) is 4. The van der Waals surface area contributed by atoms with E-state index in [2.05, 4.69) is 0 Å². The van der Waals surface area contributed by atoms with Gasteiger partial charge in [-0.25, -0.2) is 9.59 Å².